The number of methoxy groups -OCH3 is 1. The summed E-state index contributed by atoms with van der Waals surface area (Å²) in [5.41, 5.74) is -2.29. The van der Waals surface area contributed by atoms with Gasteiger partial charge < -0.3 is 14.4 Å². The summed E-state index contributed by atoms with van der Waals surface area (Å²) in [6.45, 7) is 6.67. The van der Waals surface area contributed by atoms with Crippen LogP contribution in [0.4, 0.5) is 26.3 Å². The number of halogens is 6. The lowest BCUT2D eigenvalue weighted by Crippen LogP contribution is -2.33. The normalized spacial score (nSPS) is 17.1. The van der Waals surface area contributed by atoms with Crippen LogP contribution in [0.2, 0.25) is 0 Å². The predicted octanol–water partition coefficient (Wildman–Crippen LogP) is 8.10. The number of rotatable bonds is 4. The van der Waals surface area contributed by atoms with E-state index in [0.717, 1.165) is 18.2 Å². The third-order valence-corrected chi connectivity index (χ3v) is 7.18. The van der Waals surface area contributed by atoms with E-state index >= 15 is 0 Å². The molecule has 2 aliphatic heterocycles. The molecule has 0 radical (unpaired) electrons. The van der Waals surface area contributed by atoms with E-state index in [4.69, 9.17) is 9.47 Å². The molecule has 0 spiro atoms. The zero-order valence-corrected chi connectivity index (χ0v) is 22.2. The number of aliphatic imine (C=N–C) groups is 1. The Morgan fingerprint density at radius 1 is 0.947 bits per heavy atom. The molecule has 0 N–H and O–H groups in total. The van der Waals surface area contributed by atoms with E-state index in [2.05, 4.69) is 22.9 Å². The number of hydrogen-bond donors (Lipinski definition) is 0. The van der Waals surface area contributed by atoms with Gasteiger partial charge in [-0.25, -0.2) is 0 Å². The summed E-state index contributed by atoms with van der Waals surface area (Å²) in [5.74, 6) is 0.515. The van der Waals surface area contributed by atoms with Crippen molar-refractivity contribution in [2.24, 2.45) is 4.99 Å². The summed E-state index contributed by atoms with van der Waals surface area (Å²) < 4.78 is 87.7. The van der Waals surface area contributed by atoms with Crippen molar-refractivity contribution in [3.63, 3.8) is 0 Å². The maximum Gasteiger partial charge on any atom is 0.416 e. The first kappa shape index (κ1) is 29.7. The van der Waals surface area contributed by atoms with Gasteiger partial charge >= 0.3 is 12.4 Å². The van der Waals surface area contributed by atoms with Gasteiger partial charge in [0.05, 0.1) is 24.8 Å². The average molecular weight is 561 g/mol. The third-order valence-electron chi connectivity index (χ3n) is 5.99. The quantitative estimate of drug-likeness (QED) is 0.354. The van der Waals surface area contributed by atoms with Gasteiger partial charge in [-0.3, -0.25) is 4.99 Å². The van der Waals surface area contributed by atoms with Crippen LogP contribution in [-0.4, -0.2) is 36.8 Å². The molecule has 0 atom stereocenters. The summed E-state index contributed by atoms with van der Waals surface area (Å²) in [5, 5.41) is 1.26. The Morgan fingerprint density at radius 3 is 2.24 bits per heavy atom. The maximum atomic E-state index is 13.1. The van der Waals surface area contributed by atoms with E-state index in [0.29, 0.717) is 11.8 Å². The molecule has 2 aromatic rings. The number of ether oxygens (including phenoxy) is 2. The minimum Gasteiger partial charge on any atom is -0.493 e. The maximum absolute atomic E-state index is 13.1. The third kappa shape index (κ3) is 8.09. The second kappa shape index (κ2) is 12.8. The SMILES string of the molecule is CC=C1CN=C(N2CCCCC2)S1.COc1cc(C)ccc1OCc1ccc(C(F)(F)F)cc1C(F)(F)F. The molecule has 1 fully saturated rings. The van der Waals surface area contributed by atoms with Gasteiger partial charge in [0.15, 0.2) is 16.7 Å². The zero-order chi connectivity index (χ0) is 27.9. The first-order chi connectivity index (χ1) is 17.9. The molecule has 38 heavy (non-hydrogen) atoms. The first-order valence-electron chi connectivity index (χ1n) is 12.1. The lowest BCUT2D eigenvalue weighted by Gasteiger charge is -2.27. The van der Waals surface area contributed by atoms with Crippen molar-refractivity contribution < 1.29 is 35.8 Å². The van der Waals surface area contributed by atoms with Crippen LogP contribution in [0.3, 0.4) is 0 Å². The van der Waals surface area contributed by atoms with Gasteiger partial charge in [-0.1, -0.05) is 30.0 Å². The number of alkyl halides is 6. The zero-order valence-electron chi connectivity index (χ0n) is 21.4. The molecule has 2 heterocycles. The molecule has 0 saturated carbocycles. The van der Waals surface area contributed by atoms with Crippen molar-refractivity contribution in [3.05, 3.63) is 69.6 Å². The van der Waals surface area contributed by atoms with Crippen LogP contribution in [0.1, 0.15) is 48.4 Å². The van der Waals surface area contributed by atoms with Gasteiger partial charge in [0, 0.05) is 23.6 Å². The van der Waals surface area contributed by atoms with Crippen LogP contribution in [0.25, 0.3) is 0 Å². The highest BCUT2D eigenvalue weighted by Gasteiger charge is 2.38. The van der Waals surface area contributed by atoms with E-state index in [1.54, 1.807) is 19.1 Å². The molecule has 0 aromatic heterocycles. The van der Waals surface area contributed by atoms with Gasteiger partial charge in [0.1, 0.15) is 6.61 Å². The summed E-state index contributed by atoms with van der Waals surface area (Å²) in [7, 11) is 1.38. The predicted molar refractivity (Wildman–Crippen MR) is 138 cm³/mol. The van der Waals surface area contributed by atoms with Crippen LogP contribution in [0, 0.1) is 6.92 Å². The molecule has 2 aliphatic rings. The fourth-order valence-corrected chi connectivity index (χ4v) is 4.84. The molecule has 0 bridgehead atoms. The van der Waals surface area contributed by atoms with Crippen molar-refractivity contribution in [3.8, 4) is 11.5 Å². The number of hydrogen-bond acceptors (Lipinski definition) is 5. The number of amidine groups is 1. The highest BCUT2D eigenvalue weighted by molar-refractivity contribution is 8.17. The van der Waals surface area contributed by atoms with Crippen LogP contribution >= 0.6 is 11.8 Å². The fourth-order valence-electron chi connectivity index (χ4n) is 3.92. The molecule has 1 saturated heterocycles. The molecule has 4 rings (SSSR count). The smallest absolute Gasteiger partial charge is 0.416 e. The summed E-state index contributed by atoms with van der Waals surface area (Å²) in [6.07, 6.45) is -3.55. The number of likely N-dealkylation sites (tertiary alicyclic amines) is 1. The van der Waals surface area contributed by atoms with Gasteiger partial charge in [-0.05, 0) is 62.9 Å². The largest absolute Gasteiger partial charge is 0.493 e. The lowest BCUT2D eigenvalue weighted by atomic mass is 10.0. The van der Waals surface area contributed by atoms with E-state index in [9.17, 15) is 26.3 Å². The minimum absolute atomic E-state index is 0.0884. The summed E-state index contributed by atoms with van der Waals surface area (Å²) in [4.78, 5) is 8.39. The molecule has 2 aromatic carbocycles. The Hall–Kier alpha value is -2.82. The van der Waals surface area contributed by atoms with E-state index in [1.807, 2.05) is 11.8 Å². The van der Waals surface area contributed by atoms with Crippen molar-refractivity contribution in [2.75, 3.05) is 26.7 Å². The molecule has 0 aliphatic carbocycles. The summed E-state index contributed by atoms with van der Waals surface area (Å²) in [6, 6.07) is 6.28. The monoisotopic (exact) mass is 560 g/mol. The number of piperidine rings is 1. The van der Waals surface area contributed by atoms with Crippen molar-refractivity contribution in [1.82, 2.24) is 4.90 Å². The van der Waals surface area contributed by atoms with Gasteiger partial charge in [0.25, 0.3) is 0 Å². The van der Waals surface area contributed by atoms with E-state index < -0.39 is 35.6 Å². The molecule has 0 amide bonds. The number of thioether (sulfide) groups is 1. The van der Waals surface area contributed by atoms with E-state index in [1.165, 1.54) is 55.6 Å². The minimum atomic E-state index is -4.93. The van der Waals surface area contributed by atoms with Crippen molar-refractivity contribution >= 4 is 16.9 Å². The molecule has 0 unspecified atom stereocenters. The Morgan fingerprint density at radius 2 is 1.66 bits per heavy atom. The van der Waals surface area contributed by atoms with Gasteiger partial charge in [0.2, 0.25) is 0 Å². The van der Waals surface area contributed by atoms with Crippen LogP contribution < -0.4 is 9.47 Å². The molecular formula is C27H30F6N2O2S. The Bertz CT molecular complexity index is 1160. The standard InChI is InChI=1S/C17H14F6O2.C10H16N2S/c1-10-3-6-14(15(7-10)24-2)25-9-11-4-5-12(16(18,19)20)8-13(11)17(21,22)23;1-2-9-8-11-10(13-9)12-6-4-3-5-7-12/h3-8H,9H2,1-2H3;2H,3-8H2,1H3. The second-order valence-electron chi connectivity index (χ2n) is 8.81. The molecule has 4 nitrogen and oxygen atoms in total. The van der Waals surface area contributed by atoms with Crippen molar-refractivity contribution in [2.45, 2.75) is 52.1 Å². The van der Waals surface area contributed by atoms with Crippen LogP contribution in [0.15, 0.2) is 52.4 Å². The highest BCUT2D eigenvalue weighted by atomic mass is 32.2. The molecular weight excluding hydrogens is 530 g/mol. The Balaban J connectivity index is 0.000000256. The topological polar surface area (TPSA) is 34.1 Å². The lowest BCUT2D eigenvalue weighted by molar-refractivity contribution is -0.143. The average Bonchev–Trinajstić information content (AvgIpc) is 3.37. The Labute approximate surface area is 222 Å². The number of aryl methyl sites for hydroxylation is 1. The number of allylic oxidation sites excluding steroid dienone is 1. The van der Waals surface area contributed by atoms with Crippen molar-refractivity contribution in [1.29, 1.82) is 0 Å². The fraction of sp³-hybridized carbons (Fsp3) is 0.444. The Kier molecular flexibility index (Phi) is 10.0. The second-order valence-corrected chi connectivity index (χ2v) is 9.91. The van der Waals surface area contributed by atoms with Gasteiger partial charge in [-0.2, -0.15) is 26.3 Å². The van der Waals surface area contributed by atoms with Crippen LogP contribution in [0.5, 0.6) is 11.5 Å². The summed E-state index contributed by atoms with van der Waals surface area (Å²) >= 11 is 1.85. The highest BCUT2D eigenvalue weighted by Crippen LogP contribution is 2.38. The van der Waals surface area contributed by atoms with Gasteiger partial charge in [-0.15, -0.1) is 0 Å². The molecule has 11 heteroatoms. The molecule has 208 valence electrons. The first-order valence-corrected chi connectivity index (χ1v) is 12.9. The van der Waals surface area contributed by atoms with Crippen LogP contribution in [-0.2, 0) is 19.0 Å². The number of benzene rings is 2. The van der Waals surface area contributed by atoms with E-state index in [-0.39, 0.29) is 11.8 Å². The number of nitrogens with zero attached hydrogens (tertiary/aromatic N) is 2.